The molecule has 0 amide bonds. The molecule has 18 heavy (non-hydrogen) atoms. The van der Waals surface area contributed by atoms with Crippen molar-refractivity contribution >= 4 is 5.82 Å². The first-order valence-corrected chi connectivity index (χ1v) is 6.93. The molecule has 3 heteroatoms. The number of aryl methyl sites for hydroxylation is 1. The molecule has 1 saturated carbocycles. The van der Waals surface area contributed by atoms with Gasteiger partial charge in [0.25, 0.3) is 0 Å². The first-order chi connectivity index (χ1) is 8.78. The maximum absolute atomic E-state index is 9.08. The summed E-state index contributed by atoms with van der Waals surface area (Å²) in [5.74, 6) is 1.87. The van der Waals surface area contributed by atoms with Crippen LogP contribution >= 0.6 is 0 Å². The second-order valence-electron chi connectivity index (χ2n) is 5.56. The number of nitrogens with zero attached hydrogens (tertiary/aromatic N) is 3. The van der Waals surface area contributed by atoms with Gasteiger partial charge in [-0.3, -0.25) is 0 Å². The molecule has 1 aliphatic carbocycles. The molecule has 2 heterocycles. The smallest absolute Gasteiger partial charge is 0.130 e. The van der Waals surface area contributed by atoms with E-state index >= 15 is 0 Å². The number of fused-ring (bicyclic) bond motifs is 1. The third kappa shape index (κ3) is 1.96. The van der Waals surface area contributed by atoms with E-state index in [1.165, 1.54) is 32.1 Å². The number of hydrogen-bond acceptors (Lipinski definition) is 3. The van der Waals surface area contributed by atoms with Gasteiger partial charge in [-0.25, -0.2) is 4.98 Å². The molecule has 2 unspecified atom stereocenters. The average molecular weight is 241 g/mol. The van der Waals surface area contributed by atoms with Crippen LogP contribution in [0.1, 0.15) is 43.4 Å². The van der Waals surface area contributed by atoms with Gasteiger partial charge in [-0.1, -0.05) is 6.42 Å². The van der Waals surface area contributed by atoms with Gasteiger partial charge in [0, 0.05) is 18.3 Å². The zero-order chi connectivity index (χ0) is 12.5. The second kappa shape index (κ2) is 4.61. The lowest BCUT2D eigenvalue weighted by Gasteiger charge is -2.38. The average Bonchev–Trinajstić information content (AvgIpc) is 2.85. The van der Waals surface area contributed by atoms with Crippen molar-refractivity contribution in [1.29, 1.82) is 5.26 Å². The van der Waals surface area contributed by atoms with Gasteiger partial charge >= 0.3 is 0 Å². The fraction of sp³-hybridized carbons (Fsp3) is 0.600. The highest BCUT2D eigenvalue weighted by molar-refractivity contribution is 5.48. The van der Waals surface area contributed by atoms with Crippen molar-refractivity contribution in [3.63, 3.8) is 0 Å². The molecular formula is C15H19N3. The van der Waals surface area contributed by atoms with Gasteiger partial charge in [0.1, 0.15) is 5.82 Å². The van der Waals surface area contributed by atoms with Gasteiger partial charge in [-0.15, -0.1) is 0 Å². The summed E-state index contributed by atoms with van der Waals surface area (Å²) in [5, 5.41) is 9.08. The van der Waals surface area contributed by atoms with Crippen LogP contribution in [0, 0.1) is 24.2 Å². The monoisotopic (exact) mass is 241 g/mol. The van der Waals surface area contributed by atoms with E-state index < -0.39 is 0 Å². The lowest BCUT2D eigenvalue weighted by molar-refractivity contribution is 0.360. The molecule has 0 spiro atoms. The van der Waals surface area contributed by atoms with E-state index in [-0.39, 0.29) is 0 Å². The van der Waals surface area contributed by atoms with Crippen molar-refractivity contribution in [2.45, 2.75) is 45.1 Å². The number of rotatable bonds is 1. The molecule has 1 aromatic heterocycles. The van der Waals surface area contributed by atoms with E-state index in [4.69, 9.17) is 5.26 Å². The van der Waals surface area contributed by atoms with Gasteiger partial charge in [0.15, 0.2) is 0 Å². The van der Waals surface area contributed by atoms with Gasteiger partial charge in [0.2, 0.25) is 0 Å². The van der Waals surface area contributed by atoms with Gasteiger partial charge in [0.05, 0.1) is 11.6 Å². The summed E-state index contributed by atoms with van der Waals surface area (Å²) < 4.78 is 0. The van der Waals surface area contributed by atoms with Gasteiger partial charge in [-0.05, 0) is 50.7 Å². The molecule has 3 nitrogen and oxygen atoms in total. The summed E-state index contributed by atoms with van der Waals surface area (Å²) in [4.78, 5) is 7.09. The van der Waals surface area contributed by atoms with Crippen LogP contribution in [0.2, 0.25) is 0 Å². The third-order valence-electron chi connectivity index (χ3n) is 4.36. The van der Waals surface area contributed by atoms with Gasteiger partial charge < -0.3 is 4.90 Å². The minimum atomic E-state index is 0.666. The lowest BCUT2D eigenvalue weighted by atomic mass is 9.92. The van der Waals surface area contributed by atoms with Crippen molar-refractivity contribution in [3.05, 3.63) is 23.4 Å². The van der Waals surface area contributed by atoms with Crippen molar-refractivity contribution in [2.75, 3.05) is 11.4 Å². The van der Waals surface area contributed by atoms with Crippen molar-refractivity contribution in [1.82, 2.24) is 4.98 Å². The number of nitriles is 1. The van der Waals surface area contributed by atoms with Crippen LogP contribution < -0.4 is 4.90 Å². The Bertz CT molecular complexity index is 489. The summed E-state index contributed by atoms with van der Waals surface area (Å²) in [6.45, 7) is 3.07. The molecule has 3 rings (SSSR count). The SMILES string of the molecule is Cc1cc(C#N)cc(N2CCCC3CCCC32)n1. The molecule has 0 radical (unpaired) electrons. The van der Waals surface area contributed by atoms with Crippen LogP contribution in [0.5, 0.6) is 0 Å². The molecule has 1 aromatic rings. The highest BCUT2D eigenvalue weighted by Crippen LogP contribution is 2.38. The number of pyridine rings is 1. The van der Waals surface area contributed by atoms with Crippen LogP contribution in [0.4, 0.5) is 5.82 Å². The van der Waals surface area contributed by atoms with Crippen molar-refractivity contribution in [2.24, 2.45) is 5.92 Å². The molecule has 0 aromatic carbocycles. The Hall–Kier alpha value is -1.56. The van der Waals surface area contributed by atoms with E-state index in [9.17, 15) is 0 Å². The third-order valence-corrected chi connectivity index (χ3v) is 4.36. The summed E-state index contributed by atoms with van der Waals surface area (Å²) in [6.07, 6.45) is 6.65. The summed E-state index contributed by atoms with van der Waals surface area (Å²) >= 11 is 0. The molecule has 94 valence electrons. The van der Waals surface area contributed by atoms with E-state index in [1.54, 1.807) is 0 Å². The van der Waals surface area contributed by atoms with Gasteiger partial charge in [-0.2, -0.15) is 5.26 Å². The number of piperidine rings is 1. The van der Waals surface area contributed by atoms with Crippen LogP contribution in [-0.4, -0.2) is 17.6 Å². The first kappa shape index (κ1) is 11.5. The molecule has 2 atom stereocenters. The zero-order valence-electron chi connectivity index (χ0n) is 10.9. The number of aromatic nitrogens is 1. The topological polar surface area (TPSA) is 39.9 Å². The molecule has 1 aliphatic heterocycles. The fourth-order valence-electron chi connectivity index (χ4n) is 3.60. The maximum atomic E-state index is 9.08. The summed E-state index contributed by atoms with van der Waals surface area (Å²) in [6, 6.07) is 6.72. The molecule has 1 saturated heterocycles. The van der Waals surface area contributed by atoms with E-state index in [1.807, 2.05) is 19.1 Å². The molecule has 0 N–H and O–H groups in total. The Kier molecular flexibility index (Phi) is 2.95. The Labute approximate surface area is 108 Å². The molecular weight excluding hydrogens is 222 g/mol. The Morgan fingerprint density at radius 1 is 1.28 bits per heavy atom. The minimum absolute atomic E-state index is 0.666. The Morgan fingerprint density at radius 3 is 2.94 bits per heavy atom. The summed E-state index contributed by atoms with van der Waals surface area (Å²) in [5.41, 5.74) is 1.68. The molecule has 2 fully saturated rings. The predicted octanol–water partition coefficient (Wildman–Crippen LogP) is 3.03. The number of anilines is 1. The molecule has 0 bridgehead atoms. The highest BCUT2D eigenvalue weighted by atomic mass is 15.2. The molecule has 2 aliphatic rings. The zero-order valence-corrected chi connectivity index (χ0v) is 10.9. The normalized spacial score (nSPS) is 26.8. The standard InChI is InChI=1S/C15H19N3/c1-11-8-12(10-16)9-15(17-11)18-7-3-5-13-4-2-6-14(13)18/h8-9,13-14H,2-7H2,1H3. The van der Waals surface area contributed by atoms with E-state index in [0.717, 1.165) is 29.5 Å². The lowest BCUT2D eigenvalue weighted by Crippen LogP contribution is -2.43. The largest absolute Gasteiger partial charge is 0.353 e. The van der Waals surface area contributed by atoms with Crippen LogP contribution in [0.3, 0.4) is 0 Å². The van der Waals surface area contributed by atoms with E-state index in [0.29, 0.717) is 6.04 Å². The Morgan fingerprint density at radius 2 is 2.11 bits per heavy atom. The van der Waals surface area contributed by atoms with Crippen LogP contribution in [-0.2, 0) is 0 Å². The van der Waals surface area contributed by atoms with Crippen LogP contribution in [0.25, 0.3) is 0 Å². The fourth-order valence-corrected chi connectivity index (χ4v) is 3.60. The maximum Gasteiger partial charge on any atom is 0.130 e. The number of hydrogen-bond donors (Lipinski definition) is 0. The van der Waals surface area contributed by atoms with Crippen molar-refractivity contribution in [3.8, 4) is 6.07 Å². The van der Waals surface area contributed by atoms with E-state index in [2.05, 4.69) is 16.0 Å². The summed E-state index contributed by atoms with van der Waals surface area (Å²) in [7, 11) is 0. The quantitative estimate of drug-likeness (QED) is 0.758. The van der Waals surface area contributed by atoms with Crippen molar-refractivity contribution < 1.29 is 0 Å². The first-order valence-electron chi connectivity index (χ1n) is 6.93. The predicted molar refractivity (Wildman–Crippen MR) is 71.4 cm³/mol. The van der Waals surface area contributed by atoms with Crippen LogP contribution in [0.15, 0.2) is 12.1 Å². The highest BCUT2D eigenvalue weighted by Gasteiger charge is 2.35. The second-order valence-corrected chi connectivity index (χ2v) is 5.56. The minimum Gasteiger partial charge on any atom is -0.353 e. The Balaban J connectivity index is 1.94.